The number of carboxylic acids is 2. The normalized spacial score (nSPS) is 11.7. The fourth-order valence-corrected chi connectivity index (χ4v) is 5.69. The van der Waals surface area contributed by atoms with Crippen LogP contribution in [-0.2, 0) is 65.8 Å². The quantitative estimate of drug-likeness (QED) is 0.0401. The maximum Gasteiger partial charge on any atom is 0.317 e. The minimum absolute atomic E-state index is 0. The number of primary sulfonamides is 2. The number of nitrogens with one attached hydrogen (secondary N) is 2. The zero-order chi connectivity index (χ0) is 32.9. The molecule has 1 radical (unpaired) electrons. The van der Waals surface area contributed by atoms with Gasteiger partial charge in [0.05, 0.1) is 52.6 Å². The van der Waals surface area contributed by atoms with E-state index in [1.165, 1.54) is 9.80 Å². The molecule has 27 heteroatoms. The second kappa shape index (κ2) is 19.0. The minimum atomic E-state index is -4.09. The zero-order valence-electron chi connectivity index (χ0n) is 22.8. The number of sulfonamides is 2. The van der Waals surface area contributed by atoms with Crippen molar-refractivity contribution in [3.63, 3.8) is 0 Å². The van der Waals surface area contributed by atoms with Crippen LogP contribution in [-0.4, -0.2) is 147 Å². The number of ether oxygens (including phenoxy) is 2. The summed E-state index contributed by atoms with van der Waals surface area (Å²) < 4.78 is 54.8. The second-order valence-corrected chi connectivity index (χ2v) is 13.8. The summed E-state index contributed by atoms with van der Waals surface area (Å²) >= 11 is 1.06. The van der Waals surface area contributed by atoms with E-state index >= 15 is 0 Å². The second-order valence-electron chi connectivity index (χ2n) is 8.37. The van der Waals surface area contributed by atoms with Gasteiger partial charge >= 0.3 is 11.9 Å². The maximum absolute atomic E-state index is 12.2. The number of hydrogen-bond acceptors (Lipinski definition) is 18. The Morgan fingerprint density at radius 2 is 1.02 bits per heavy atom. The van der Waals surface area contributed by atoms with Gasteiger partial charge in [-0.05, 0) is 0 Å². The van der Waals surface area contributed by atoms with Crippen molar-refractivity contribution in [3.8, 4) is 0 Å². The standard InChI is InChI=1S/C18H28N10O12S4.Cu/c19-43(35,36)17-25-23-15(41-17)21-11(29)7-27(9-13(31)32)1-3-39-5-6-40-4-2-28(10-14(33)34)8-12(30)22-16-24-26-18(42-16)44(20,37)38;/h1-10H2,(H,31,32)(H,33,34)(H2,19,35,36)(H2,20,37,38)(H,21,23,29)(H,22,24,30);. The van der Waals surface area contributed by atoms with Crippen molar-refractivity contribution in [2.24, 2.45) is 10.3 Å². The third kappa shape index (κ3) is 16.3. The van der Waals surface area contributed by atoms with Crippen LogP contribution >= 0.6 is 22.7 Å². The van der Waals surface area contributed by atoms with Gasteiger partial charge in [0.15, 0.2) is 0 Å². The molecule has 2 rings (SSSR count). The summed E-state index contributed by atoms with van der Waals surface area (Å²) in [5.41, 5.74) is 0. The van der Waals surface area contributed by atoms with Gasteiger partial charge in [-0.25, -0.2) is 27.1 Å². The first-order valence-electron chi connectivity index (χ1n) is 11.9. The van der Waals surface area contributed by atoms with Gasteiger partial charge in [-0.1, -0.05) is 22.7 Å². The molecule has 0 aliphatic heterocycles. The Kier molecular flexibility index (Phi) is 17.0. The minimum Gasteiger partial charge on any atom is -0.480 e. The van der Waals surface area contributed by atoms with Crippen molar-refractivity contribution < 1.29 is 72.8 Å². The molecule has 22 nitrogen and oxygen atoms in total. The molecule has 0 saturated heterocycles. The molecule has 0 aromatic carbocycles. The number of carboxylic acid groups (broad SMARTS) is 2. The SMILES string of the molecule is NS(=O)(=O)c1nnc(NC(=O)CN(CCOCCOCCN(CC(=O)O)CC(=O)Nc2nnc(S(N)(=O)=O)s2)CC(=O)O)s1.[Cu]. The zero-order valence-corrected chi connectivity index (χ0v) is 27.0. The Labute approximate surface area is 274 Å². The number of anilines is 2. The summed E-state index contributed by atoms with van der Waals surface area (Å²) in [6.07, 6.45) is 0. The van der Waals surface area contributed by atoms with Crippen molar-refractivity contribution in [1.29, 1.82) is 0 Å². The smallest absolute Gasteiger partial charge is 0.317 e. The van der Waals surface area contributed by atoms with Gasteiger partial charge in [-0.15, -0.1) is 20.4 Å². The van der Waals surface area contributed by atoms with E-state index in [4.69, 9.17) is 30.0 Å². The van der Waals surface area contributed by atoms with Crippen molar-refractivity contribution >= 4 is 76.7 Å². The van der Waals surface area contributed by atoms with Crippen LogP contribution in [0.5, 0.6) is 0 Å². The summed E-state index contributed by atoms with van der Waals surface area (Å²) in [7, 11) is -8.19. The number of hydrogen-bond donors (Lipinski definition) is 6. The molecule has 8 N–H and O–H groups in total. The van der Waals surface area contributed by atoms with E-state index < -0.39 is 65.6 Å². The van der Waals surface area contributed by atoms with E-state index in [-0.39, 0.29) is 79.9 Å². The number of amides is 2. The van der Waals surface area contributed by atoms with E-state index in [2.05, 4.69) is 31.0 Å². The number of carbonyl (C=O) groups is 4. The molecule has 0 fully saturated rings. The van der Waals surface area contributed by atoms with E-state index in [9.17, 15) is 36.0 Å². The predicted octanol–water partition coefficient (Wildman–Crippen LogP) is -3.93. The summed E-state index contributed by atoms with van der Waals surface area (Å²) in [6, 6.07) is 0. The van der Waals surface area contributed by atoms with Gasteiger partial charge in [0.1, 0.15) is 0 Å². The predicted molar refractivity (Wildman–Crippen MR) is 150 cm³/mol. The first-order chi connectivity index (χ1) is 20.5. The molecular formula is C18H28CuN10O12S4. The van der Waals surface area contributed by atoms with Gasteiger partial charge in [0.25, 0.3) is 20.0 Å². The number of nitrogens with zero attached hydrogens (tertiary/aromatic N) is 6. The van der Waals surface area contributed by atoms with Crippen LogP contribution in [0.3, 0.4) is 0 Å². The van der Waals surface area contributed by atoms with Crippen LogP contribution in [0.15, 0.2) is 8.68 Å². The molecule has 2 amide bonds. The number of aliphatic carboxylic acids is 2. The Balaban J connectivity index is 0.0000101. The number of carbonyl (C=O) groups excluding carboxylic acids is 2. The average molecular weight is 768 g/mol. The van der Waals surface area contributed by atoms with Crippen LogP contribution in [0.4, 0.5) is 10.3 Å². The van der Waals surface area contributed by atoms with E-state index in [1.54, 1.807) is 0 Å². The molecule has 0 unspecified atom stereocenters. The van der Waals surface area contributed by atoms with Crippen LogP contribution < -0.4 is 20.9 Å². The number of aromatic nitrogens is 4. The number of rotatable bonds is 21. The van der Waals surface area contributed by atoms with Gasteiger partial charge in [-0.2, -0.15) is 0 Å². The fourth-order valence-electron chi connectivity index (χ4n) is 2.99. The fraction of sp³-hybridized carbons (Fsp3) is 0.556. The first kappa shape index (κ1) is 40.2. The monoisotopic (exact) mass is 767 g/mol. The van der Waals surface area contributed by atoms with Crippen molar-refractivity contribution in [2.75, 3.05) is 76.3 Å². The molecule has 2 aromatic heterocycles. The van der Waals surface area contributed by atoms with Crippen LogP contribution in [0.25, 0.3) is 0 Å². The maximum atomic E-state index is 12.2. The van der Waals surface area contributed by atoms with E-state index in [1.807, 2.05) is 0 Å². The van der Waals surface area contributed by atoms with E-state index in [0.29, 0.717) is 22.7 Å². The Morgan fingerprint density at radius 3 is 1.31 bits per heavy atom. The third-order valence-electron chi connectivity index (χ3n) is 4.72. The molecule has 0 bridgehead atoms. The number of nitrogens with two attached hydrogens (primary N) is 2. The summed E-state index contributed by atoms with van der Waals surface area (Å²) in [5, 5.41) is 46.1. The largest absolute Gasteiger partial charge is 0.480 e. The summed E-state index contributed by atoms with van der Waals surface area (Å²) in [6.45, 7) is -1.51. The molecule has 2 aromatic rings. The van der Waals surface area contributed by atoms with Crippen molar-refractivity contribution in [3.05, 3.63) is 0 Å². The van der Waals surface area contributed by atoms with Gasteiger partial charge in [0, 0.05) is 30.2 Å². The van der Waals surface area contributed by atoms with Crippen LogP contribution in [0.1, 0.15) is 0 Å². The molecule has 2 heterocycles. The van der Waals surface area contributed by atoms with Crippen LogP contribution in [0.2, 0.25) is 0 Å². The summed E-state index contributed by atoms with van der Waals surface area (Å²) in [4.78, 5) is 49.3. The molecular weight excluding hydrogens is 740 g/mol. The van der Waals surface area contributed by atoms with E-state index in [0.717, 1.165) is 0 Å². The van der Waals surface area contributed by atoms with Gasteiger partial charge in [-0.3, -0.25) is 39.6 Å². The molecule has 0 atom stereocenters. The molecule has 0 aliphatic carbocycles. The Hall–Kier alpha value is -2.82. The van der Waals surface area contributed by atoms with Crippen LogP contribution in [0, 0.1) is 0 Å². The average Bonchev–Trinajstić information content (AvgIpc) is 3.54. The first-order valence-corrected chi connectivity index (χ1v) is 16.6. The Morgan fingerprint density at radius 1 is 0.667 bits per heavy atom. The molecule has 257 valence electrons. The topological polar surface area (TPSA) is 330 Å². The van der Waals surface area contributed by atoms with Gasteiger partial charge < -0.3 is 19.7 Å². The van der Waals surface area contributed by atoms with Gasteiger partial charge in [0.2, 0.25) is 30.8 Å². The van der Waals surface area contributed by atoms with Crippen molar-refractivity contribution in [1.82, 2.24) is 30.2 Å². The molecule has 0 spiro atoms. The third-order valence-corrected chi connectivity index (χ3v) is 9.02. The molecule has 0 aliphatic rings. The summed E-state index contributed by atoms with van der Waals surface area (Å²) in [5.74, 6) is -3.76. The molecule has 45 heavy (non-hydrogen) atoms. The Bertz CT molecular complexity index is 1410. The van der Waals surface area contributed by atoms with Crippen molar-refractivity contribution in [2.45, 2.75) is 8.68 Å². The molecule has 0 saturated carbocycles.